The minimum absolute atomic E-state index is 0.0690. The van der Waals surface area contributed by atoms with Gasteiger partial charge in [0.25, 0.3) is 0 Å². The second-order valence-electron chi connectivity index (χ2n) is 5.97. The Kier molecular flexibility index (Phi) is 5.09. The van der Waals surface area contributed by atoms with Crippen molar-refractivity contribution < 1.29 is 36.2 Å². The highest BCUT2D eigenvalue weighted by Crippen LogP contribution is 2.46. The number of aryl methyl sites for hydroxylation is 1. The fourth-order valence-corrected chi connectivity index (χ4v) is 3.43. The topological polar surface area (TPSA) is 132 Å². The first kappa shape index (κ1) is 19.8. The number of methoxy groups -OCH3 is 2. The molecule has 150 valence electrons. The molecule has 3 aromatic rings. The minimum atomic E-state index is -4.80. The lowest BCUT2D eigenvalue weighted by Crippen LogP contribution is -2.07. The molecule has 0 aliphatic rings. The maximum atomic E-state index is 12.6. The molecular formula is C18H18O9S. The normalized spacial score (nSPS) is 11.7. The number of benzene rings is 2. The predicted molar refractivity (Wildman–Crippen MR) is 101 cm³/mol. The second-order valence-corrected chi connectivity index (χ2v) is 6.99. The van der Waals surface area contributed by atoms with Crippen LogP contribution in [0.5, 0.6) is 23.0 Å². The van der Waals surface area contributed by atoms with Crippen molar-refractivity contribution in [3.05, 3.63) is 34.2 Å². The highest BCUT2D eigenvalue weighted by Gasteiger charge is 2.24. The van der Waals surface area contributed by atoms with Crippen LogP contribution in [0, 0.1) is 0 Å². The van der Waals surface area contributed by atoms with Gasteiger partial charge >= 0.3 is 10.4 Å². The van der Waals surface area contributed by atoms with Gasteiger partial charge in [0.2, 0.25) is 0 Å². The molecule has 0 saturated carbocycles. The largest absolute Gasteiger partial charge is 0.504 e. The predicted octanol–water partition coefficient (Wildman–Crippen LogP) is 2.80. The van der Waals surface area contributed by atoms with Crippen LogP contribution < -0.4 is 19.1 Å². The Morgan fingerprint density at radius 1 is 1.11 bits per heavy atom. The maximum Gasteiger partial charge on any atom is 0.446 e. The summed E-state index contributed by atoms with van der Waals surface area (Å²) >= 11 is 0. The Bertz CT molecular complexity index is 1230. The number of aromatic hydroxyl groups is 1. The van der Waals surface area contributed by atoms with Crippen molar-refractivity contribution in [1.29, 1.82) is 0 Å². The monoisotopic (exact) mass is 410 g/mol. The van der Waals surface area contributed by atoms with E-state index >= 15 is 0 Å². The molecule has 0 unspecified atom stereocenters. The zero-order chi connectivity index (χ0) is 20.6. The Morgan fingerprint density at radius 3 is 2.39 bits per heavy atom. The first-order valence-electron chi connectivity index (χ1n) is 8.24. The van der Waals surface area contributed by atoms with Crippen LogP contribution in [-0.2, 0) is 16.8 Å². The van der Waals surface area contributed by atoms with E-state index in [1.165, 1.54) is 32.4 Å². The first-order valence-corrected chi connectivity index (χ1v) is 9.61. The summed E-state index contributed by atoms with van der Waals surface area (Å²) in [6.45, 7) is 1.92. The van der Waals surface area contributed by atoms with E-state index in [9.17, 15) is 18.3 Å². The van der Waals surface area contributed by atoms with Gasteiger partial charge in [-0.2, -0.15) is 8.42 Å². The van der Waals surface area contributed by atoms with Crippen molar-refractivity contribution in [2.24, 2.45) is 0 Å². The van der Waals surface area contributed by atoms with Gasteiger partial charge in [-0.25, -0.2) is 0 Å². The summed E-state index contributed by atoms with van der Waals surface area (Å²) in [4.78, 5) is 12.6. The molecule has 0 saturated heterocycles. The zero-order valence-electron chi connectivity index (χ0n) is 15.3. The Hall–Kier alpha value is -2.98. The lowest BCUT2D eigenvalue weighted by Gasteiger charge is -2.15. The average Bonchev–Trinajstić information content (AvgIpc) is 2.59. The summed E-state index contributed by atoms with van der Waals surface area (Å²) in [7, 11) is -2.20. The van der Waals surface area contributed by atoms with Gasteiger partial charge in [0, 0.05) is 23.9 Å². The third-order valence-electron chi connectivity index (χ3n) is 4.12. The first-order chi connectivity index (χ1) is 13.2. The molecule has 0 amide bonds. The summed E-state index contributed by atoms with van der Waals surface area (Å²) < 4.78 is 52.0. The molecule has 2 N–H and O–H groups in total. The Morgan fingerprint density at radius 2 is 1.82 bits per heavy atom. The van der Waals surface area contributed by atoms with Gasteiger partial charge in [0.1, 0.15) is 22.6 Å². The third kappa shape index (κ3) is 3.43. The van der Waals surface area contributed by atoms with Crippen LogP contribution in [0.15, 0.2) is 27.4 Å². The minimum Gasteiger partial charge on any atom is -0.504 e. The van der Waals surface area contributed by atoms with E-state index in [-0.39, 0.29) is 39.0 Å². The van der Waals surface area contributed by atoms with E-state index in [1.807, 2.05) is 6.92 Å². The molecule has 28 heavy (non-hydrogen) atoms. The highest BCUT2D eigenvalue weighted by atomic mass is 32.3. The molecule has 0 spiro atoms. The van der Waals surface area contributed by atoms with Crippen molar-refractivity contribution in [3.8, 4) is 23.0 Å². The standard InChI is InChI=1S/C18H18O9S/c1-4-5-9-7-12(19)15-16(20)17(25-3)11-6-10(27-28(21,22)23)8-13(24-2)14(11)18(15)26-9/h6-8,20H,4-5H2,1-3H3,(H,21,22,23). The van der Waals surface area contributed by atoms with Crippen molar-refractivity contribution in [2.45, 2.75) is 19.8 Å². The summed E-state index contributed by atoms with van der Waals surface area (Å²) in [6, 6.07) is 3.73. The van der Waals surface area contributed by atoms with Crippen molar-refractivity contribution in [1.82, 2.24) is 0 Å². The van der Waals surface area contributed by atoms with E-state index in [0.29, 0.717) is 12.2 Å². The van der Waals surface area contributed by atoms with Crippen LogP contribution in [0.1, 0.15) is 19.1 Å². The molecule has 0 atom stereocenters. The molecule has 0 bridgehead atoms. The summed E-state index contributed by atoms with van der Waals surface area (Å²) in [5.74, 6) is -0.330. The van der Waals surface area contributed by atoms with Crippen molar-refractivity contribution in [2.75, 3.05) is 14.2 Å². The third-order valence-corrected chi connectivity index (χ3v) is 4.52. The molecule has 9 nitrogen and oxygen atoms in total. The van der Waals surface area contributed by atoms with Gasteiger partial charge in [-0.1, -0.05) is 6.92 Å². The Labute approximate surface area is 160 Å². The molecule has 1 heterocycles. The number of hydrogen-bond acceptors (Lipinski definition) is 8. The maximum absolute atomic E-state index is 12.6. The quantitative estimate of drug-likeness (QED) is 0.465. The molecular weight excluding hydrogens is 392 g/mol. The molecule has 0 aliphatic carbocycles. The summed E-state index contributed by atoms with van der Waals surface area (Å²) in [6.07, 6.45) is 1.24. The zero-order valence-corrected chi connectivity index (χ0v) is 16.1. The van der Waals surface area contributed by atoms with Crippen LogP contribution >= 0.6 is 0 Å². The number of ether oxygens (including phenoxy) is 2. The van der Waals surface area contributed by atoms with Crippen LogP contribution in [-0.4, -0.2) is 32.3 Å². The second kappa shape index (κ2) is 7.21. The molecule has 0 radical (unpaired) electrons. The number of phenols is 1. The lowest BCUT2D eigenvalue weighted by molar-refractivity contribution is 0.377. The van der Waals surface area contributed by atoms with Crippen LogP contribution in [0.3, 0.4) is 0 Å². The number of fused-ring (bicyclic) bond motifs is 3. The lowest BCUT2D eigenvalue weighted by atomic mass is 10.0. The van der Waals surface area contributed by atoms with E-state index in [2.05, 4.69) is 4.18 Å². The highest BCUT2D eigenvalue weighted by molar-refractivity contribution is 7.81. The molecule has 0 fully saturated rings. The van der Waals surface area contributed by atoms with Gasteiger partial charge in [0.15, 0.2) is 22.5 Å². The van der Waals surface area contributed by atoms with Gasteiger partial charge in [-0.3, -0.25) is 9.35 Å². The average molecular weight is 410 g/mol. The molecule has 1 aromatic heterocycles. The fraction of sp³-hybridized carbons (Fsp3) is 0.278. The van der Waals surface area contributed by atoms with Crippen LogP contribution in [0.25, 0.3) is 21.7 Å². The number of rotatable bonds is 6. The molecule has 0 aliphatic heterocycles. The summed E-state index contributed by atoms with van der Waals surface area (Å²) in [5.41, 5.74) is -0.387. The van der Waals surface area contributed by atoms with Gasteiger partial charge < -0.3 is 23.2 Å². The van der Waals surface area contributed by atoms with E-state index in [0.717, 1.165) is 6.42 Å². The number of phenolic OH excluding ortho intramolecular Hbond substituents is 1. The number of hydrogen-bond donors (Lipinski definition) is 2. The van der Waals surface area contributed by atoms with Crippen molar-refractivity contribution in [3.63, 3.8) is 0 Å². The molecule has 2 aromatic carbocycles. The van der Waals surface area contributed by atoms with E-state index in [1.54, 1.807) is 0 Å². The van der Waals surface area contributed by atoms with Crippen LogP contribution in [0.4, 0.5) is 0 Å². The fourth-order valence-electron chi connectivity index (χ4n) is 3.09. The van der Waals surface area contributed by atoms with Gasteiger partial charge in [-0.05, 0) is 12.5 Å². The van der Waals surface area contributed by atoms with Gasteiger partial charge in [-0.15, -0.1) is 0 Å². The van der Waals surface area contributed by atoms with Crippen LogP contribution in [0.2, 0.25) is 0 Å². The SMILES string of the molecule is CCCc1cc(=O)c2c(O)c(OC)c3cc(OS(=O)(=O)O)cc(OC)c3c2o1. The van der Waals surface area contributed by atoms with Gasteiger partial charge in [0.05, 0.1) is 19.6 Å². The Balaban J connectivity index is 2.53. The van der Waals surface area contributed by atoms with E-state index in [4.69, 9.17) is 18.4 Å². The van der Waals surface area contributed by atoms with Crippen molar-refractivity contribution >= 4 is 32.1 Å². The summed E-state index contributed by atoms with van der Waals surface area (Å²) in [5, 5.41) is 11.0. The smallest absolute Gasteiger partial charge is 0.446 e. The molecule has 3 rings (SSSR count). The van der Waals surface area contributed by atoms with E-state index < -0.39 is 21.6 Å². The molecule has 10 heteroatoms.